The molecule has 0 saturated carbocycles. The Morgan fingerprint density at radius 1 is 1.03 bits per heavy atom. The maximum Gasteiger partial charge on any atom is 0.241 e. The Labute approximate surface area is 189 Å². The summed E-state index contributed by atoms with van der Waals surface area (Å²) in [7, 11) is -2.63. The molecule has 162 valence electrons. The molecule has 0 aromatic heterocycles. The highest BCUT2D eigenvalue weighted by Gasteiger charge is 2.18. The molecule has 3 N–H and O–H groups in total. The highest BCUT2D eigenvalue weighted by molar-refractivity contribution is 7.89. The Balaban J connectivity index is 1.83. The number of nitrogens with one attached hydrogen (secondary N) is 1. The second-order valence-corrected chi connectivity index (χ2v) is 8.82. The van der Waals surface area contributed by atoms with Crippen molar-refractivity contribution in [2.45, 2.75) is 11.3 Å². The van der Waals surface area contributed by atoms with Crippen molar-refractivity contribution in [1.29, 1.82) is 0 Å². The second kappa shape index (κ2) is 9.57. The molecule has 0 bridgehead atoms. The minimum atomic E-state index is -4.14. The van der Waals surface area contributed by atoms with Crippen molar-refractivity contribution < 1.29 is 22.7 Å². The van der Waals surface area contributed by atoms with Crippen molar-refractivity contribution in [3.63, 3.8) is 0 Å². The van der Waals surface area contributed by atoms with E-state index >= 15 is 0 Å². The summed E-state index contributed by atoms with van der Waals surface area (Å²) in [5.41, 5.74) is 0.789. The quantitative estimate of drug-likeness (QED) is 0.512. The Morgan fingerprint density at radius 3 is 2.48 bits per heavy atom. The number of anilines is 1. The van der Waals surface area contributed by atoms with Gasteiger partial charge < -0.3 is 14.8 Å². The van der Waals surface area contributed by atoms with Crippen molar-refractivity contribution in [2.75, 3.05) is 12.4 Å². The molecule has 1 amide bonds. The fourth-order valence-corrected chi connectivity index (χ4v) is 3.79. The number of amides is 1. The van der Waals surface area contributed by atoms with E-state index in [0.717, 1.165) is 0 Å². The largest absolute Gasteiger partial charge is 0.497 e. The van der Waals surface area contributed by atoms with E-state index in [9.17, 15) is 13.2 Å². The summed E-state index contributed by atoms with van der Waals surface area (Å²) in [6.07, 6.45) is -0.0402. The van der Waals surface area contributed by atoms with E-state index < -0.39 is 15.9 Å². The van der Waals surface area contributed by atoms with E-state index in [1.807, 2.05) is 0 Å². The Bertz CT molecular complexity index is 1230. The zero-order valence-electron chi connectivity index (χ0n) is 16.3. The summed E-state index contributed by atoms with van der Waals surface area (Å²) in [5.74, 6) is 0.491. The molecule has 3 rings (SSSR count). The Hall–Kier alpha value is -2.78. The molecule has 0 saturated heterocycles. The summed E-state index contributed by atoms with van der Waals surface area (Å²) >= 11 is 12.1. The minimum Gasteiger partial charge on any atom is -0.497 e. The molecule has 0 aliphatic heterocycles. The molecular formula is C21H18Cl2N2O5S. The fraction of sp³-hybridized carbons (Fsp3) is 0.0952. The van der Waals surface area contributed by atoms with Crippen LogP contribution in [0.3, 0.4) is 0 Å². The number of carbonyl (C=O) groups is 1. The van der Waals surface area contributed by atoms with Crippen LogP contribution in [0.5, 0.6) is 17.2 Å². The van der Waals surface area contributed by atoms with Crippen LogP contribution in [0.4, 0.5) is 5.69 Å². The minimum absolute atomic E-state index is 0.00129. The molecule has 0 aliphatic carbocycles. The number of hydrogen-bond donors (Lipinski definition) is 2. The number of halogens is 2. The van der Waals surface area contributed by atoms with Crippen LogP contribution in [0.1, 0.15) is 5.56 Å². The van der Waals surface area contributed by atoms with Gasteiger partial charge in [-0.3, -0.25) is 4.79 Å². The first-order valence-electron chi connectivity index (χ1n) is 8.88. The van der Waals surface area contributed by atoms with Crippen LogP contribution in [0.15, 0.2) is 65.6 Å². The van der Waals surface area contributed by atoms with Crippen LogP contribution in [-0.2, 0) is 21.2 Å². The zero-order valence-corrected chi connectivity index (χ0v) is 18.6. The number of nitrogens with two attached hydrogens (primary N) is 1. The van der Waals surface area contributed by atoms with Crippen molar-refractivity contribution in [1.82, 2.24) is 0 Å². The van der Waals surface area contributed by atoms with Crippen LogP contribution >= 0.6 is 23.2 Å². The first kappa shape index (κ1) is 22.9. The SMILES string of the molecule is COc1ccc(Cl)c(CC(=O)Nc2ccc(Oc3cccc(Cl)c3)c(S(N)(=O)=O)c2)c1. The number of rotatable bonds is 7. The third kappa shape index (κ3) is 6.11. The predicted molar refractivity (Wildman–Crippen MR) is 120 cm³/mol. The lowest BCUT2D eigenvalue weighted by Crippen LogP contribution is -2.17. The maximum absolute atomic E-state index is 12.5. The van der Waals surface area contributed by atoms with Gasteiger partial charge in [-0.05, 0) is 60.2 Å². The molecule has 10 heteroatoms. The van der Waals surface area contributed by atoms with Gasteiger partial charge in [-0.25, -0.2) is 13.6 Å². The third-order valence-electron chi connectivity index (χ3n) is 4.16. The van der Waals surface area contributed by atoms with Gasteiger partial charge in [0.15, 0.2) is 0 Å². The van der Waals surface area contributed by atoms with Crippen LogP contribution in [0, 0.1) is 0 Å². The van der Waals surface area contributed by atoms with Gasteiger partial charge in [-0.1, -0.05) is 29.3 Å². The second-order valence-electron chi connectivity index (χ2n) is 6.45. The Kier molecular flexibility index (Phi) is 7.07. The van der Waals surface area contributed by atoms with Crippen molar-refractivity contribution in [3.8, 4) is 17.2 Å². The summed E-state index contributed by atoms with van der Waals surface area (Å²) in [6, 6.07) is 15.5. The average Bonchev–Trinajstić information content (AvgIpc) is 2.70. The zero-order chi connectivity index (χ0) is 22.6. The van der Waals surface area contributed by atoms with E-state index in [0.29, 0.717) is 27.1 Å². The van der Waals surface area contributed by atoms with Gasteiger partial charge in [0, 0.05) is 15.7 Å². The lowest BCUT2D eigenvalue weighted by Gasteiger charge is -2.13. The predicted octanol–water partition coefficient (Wildman–Crippen LogP) is 4.62. The maximum atomic E-state index is 12.5. The molecule has 0 heterocycles. The topological polar surface area (TPSA) is 108 Å². The molecule has 3 aromatic carbocycles. The molecular weight excluding hydrogens is 463 g/mol. The monoisotopic (exact) mass is 480 g/mol. The van der Waals surface area contributed by atoms with Gasteiger partial charge in [0.05, 0.1) is 13.5 Å². The van der Waals surface area contributed by atoms with Crippen LogP contribution < -0.4 is 19.9 Å². The van der Waals surface area contributed by atoms with E-state index in [-0.39, 0.29) is 22.8 Å². The van der Waals surface area contributed by atoms with Gasteiger partial charge in [-0.15, -0.1) is 0 Å². The number of sulfonamides is 1. The molecule has 31 heavy (non-hydrogen) atoms. The number of primary sulfonamides is 1. The molecule has 0 atom stereocenters. The van der Waals surface area contributed by atoms with Crippen LogP contribution in [0.25, 0.3) is 0 Å². The highest BCUT2D eigenvalue weighted by Crippen LogP contribution is 2.32. The standard InChI is InChI=1S/C21H18Cl2N2O5S/c1-29-16-6-7-18(23)13(9-16)10-21(26)25-15-5-8-19(20(12-15)31(24,27)28)30-17-4-2-3-14(22)11-17/h2-9,11-12H,10H2,1H3,(H,25,26)(H2,24,27,28). The number of methoxy groups -OCH3 is 1. The van der Waals surface area contributed by atoms with Crippen LogP contribution in [0.2, 0.25) is 10.0 Å². The van der Waals surface area contributed by atoms with E-state index in [1.165, 1.54) is 31.4 Å². The Morgan fingerprint density at radius 2 is 1.81 bits per heavy atom. The average molecular weight is 481 g/mol. The van der Waals surface area contributed by atoms with Crippen molar-refractivity contribution in [2.24, 2.45) is 5.14 Å². The molecule has 0 spiro atoms. The first-order chi connectivity index (χ1) is 14.7. The third-order valence-corrected chi connectivity index (χ3v) is 5.70. The van der Waals surface area contributed by atoms with Gasteiger partial charge in [0.1, 0.15) is 22.1 Å². The first-order valence-corrected chi connectivity index (χ1v) is 11.2. The van der Waals surface area contributed by atoms with Crippen molar-refractivity contribution >= 4 is 44.8 Å². The molecule has 7 nitrogen and oxygen atoms in total. The van der Waals surface area contributed by atoms with Gasteiger partial charge in [0.2, 0.25) is 15.9 Å². The van der Waals surface area contributed by atoms with Crippen molar-refractivity contribution in [3.05, 3.63) is 76.3 Å². The lowest BCUT2D eigenvalue weighted by molar-refractivity contribution is -0.115. The lowest BCUT2D eigenvalue weighted by atomic mass is 10.1. The van der Waals surface area contributed by atoms with Gasteiger partial charge in [0.25, 0.3) is 0 Å². The summed E-state index contributed by atoms with van der Waals surface area (Å²) in [5, 5.41) is 8.81. The van der Waals surface area contributed by atoms with E-state index in [2.05, 4.69) is 5.32 Å². The number of benzene rings is 3. The van der Waals surface area contributed by atoms with E-state index in [4.69, 9.17) is 37.8 Å². The summed E-state index contributed by atoms with van der Waals surface area (Å²) < 4.78 is 34.9. The molecule has 3 aromatic rings. The van der Waals surface area contributed by atoms with Gasteiger partial charge >= 0.3 is 0 Å². The normalized spacial score (nSPS) is 11.1. The number of carbonyl (C=O) groups excluding carboxylic acids is 1. The van der Waals surface area contributed by atoms with Crippen LogP contribution in [-0.4, -0.2) is 21.4 Å². The van der Waals surface area contributed by atoms with E-state index in [1.54, 1.807) is 36.4 Å². The smallest absolute Gasteiger partial charge is 0.241 e. The highest BCUT2D eigenvalue weighted by atomic mass is 35.5. The molecule has 0 unspecified atom stereocenters. The summed E-state index contributed by atoms with van der Waals surface area (Å²) in [6.45, 7) is 0. The number of hydrogen-bond acceptors (Lipinski definition) is 5. The van der Waals surface area contributed by atoms with Gasteiger partial charge in [-0.2, -0.15) is 0 Å². The fourth-order valence-electron chi connectivity index (χ4n) is 2.74. The molecule has 0 fully saturated rings. The molecule has 0 aliphatic rings. The summed E-state index contributed by atoms with van der Waals surface area (Å²) in [4.78, 5) is 12.2. The number of ether oxygens (including phenoxy) is 2. The molecule has 0 radical (unpaired) electrons.